The molecule has 1 fully saturated rings. The van der Waals surface area contributed by atoms with Crippen LogP contribution in [0.1, 0.15) is 19.0 Å². The minimum Gasteiger partial charge on any atom is -0.481 e. The van der Waals surface area contributed by atoms with Gasteiger partial charge in [-0.25, -0.2) is 4.98 Å². The first-order chi connectivity index (χ1) is 11.1. The number of carboxylic acid groups (broad SMARTS) is 1. The van der Waals surface area contributed by atoms with Gasteiger partial charge in [-0.3, -0.25) is 9.69 Å². The zero-order valence-corrected chi connectivity index (χ0v) is 13.9. The highest BCUT2D eigenvalue weighted by Crippen LogP contribution is 2.25. The second-order valence-corrected chi connectivity index (χ2v) is 7.06. The number of hydrogen-bond acceptors (Lipinski definition) is 5. The van der Waals surface area contributed by atoms with Crippen molar-refractivity contribution in [3.05, 3.63) is 41.4 Å². The van der Waals surface area contributed by atoms with Gasteiger partial charge in [0.1, 0.15) is 0 Å². The summed E-state index contributed by atoms with van der Waals surface area (Å²) in [6.07, 6.45) is 0.768. The quantitative estimate of drug-likeness (QED) is 0.879. The van der Waals surface area contributed by atoms with Gasteiger partial charge in [0.2, 0.25) is 0 Å². The molecule has 6 heteroatoms. The molecule has 122 valence electrons. The van der Waals surface area contributed by atoms with Crippen LogP contribution < -0.4 is 5.32 Å². The molecule has 1 aliphatic rings. The van der Waals surface area contributed by atoms with Gasteiger partial charge >= 0.3 is 5.97 Å². The number of aromatic nitrogens is 1. The predicted molar refractivity (Wildman–Crippen MR) is 92.0 cm³/mol. The molecule has 0 radical (unpaired) electrons. The summed E-state index contributed by atoms with van der Waals surface area (Å²) in [4.78, 5) is 18.1. The average Bonchev–Trinajstić information content (AvgIpc) is 2.94. The normalized spacial score (nSPS) is 22.0. The Morgan fingerprint density at radius 1 is 1.39 bits per heavy atom. The summed E-state index contributed by atoms with van der Waals surface area (Å²) in [5, 5.41) is 15.5. The summed E-state index contributed by atoms with van der Waals surface area (Å²) >= 11 is 1.58. The monoisotopic (exact) mass is 331 g/mol. The number of para-hydroxylation sites is 1. The van der Waals surface area contributed by atoms with E-state index in [2.05, 4.69) is 22.1 Å². The van der Waals surface area contributed by atoms with Gasteiger partial charge in [-0.15, -0.1) is 11.3 Å². The van der Waals surface area contributed by atoms with Crippen molar-refractivity contribution < 1.29 is 9.90 Å². The van der Waals surface area contributed by atoms with Gasteiger partial charge in [-0.1, -0.05) is 25.1 Å². The Morgan fingerprint density at radius 3 is 2.91 bits per heavy atom. The van der Waals surface area contributed by atoms with E-state index in [-0.39, 0.29) is 5.92 Å². The molecule has 23 heavy (non-hydrogen) atoms. The van der Waals surface area contributed by atoms with Crippen LogP contribution in [0.4, 0.5) is 10.8 Å². The van der Waals surface area contributed by atoms with E-state index in [0.717, 1.165) is 29.5 Å². The van der Waals surface area contributed by atoms with Crippen LogP contribution in [-0.4, -0.2) is 34.0 Å². The maximum Gasteiger partial charge on any atom is 0.307 e. The van der Waals surface area contributed by atoms with Crippen LogP contribution in [-0.2, 0) is 11.3 Å². The van der Waals surface area contributed by atoms with Crippen molar-refractivity contribution in [3.63, 3.8) is 0 Å². The summed E-state index contributed by atoms with van der Waals surface area (Å²) in [6, 6.07) is 9.96. The molecule has 0 amide bonds. The number of anilines is 2. The standard InChI is InChI=1S/C17H21N3O2S/c1-12-7-13(16(21)22)9-20(8-12)10-15-11-23-17(19-15)18-14-5-3-2-4-6-14/h2-6,11-13H,7-10H2,1H3,(H,18,19)(H,21,22). The Labute approximate surface area is 140 Å². The van der Waals surface area contributed by atoms with E-state index in [0.29, 0.717) is 19.0 Å². The van der Waals surface area contributed by atoms with Crippen LogP contribution in [0, 0.1) is 11.8 Å². The van der Waals surface area contributed by atoms with Gasteiger partial charge in [0.15, 0.2) is 5.13 Å². The third-order valence-corrected chi connectivity index (χ3v) is 4.85. The first kappa shape index (κ1) is 16.0. The van der Waals surface area contributed by atoms with E-state index in [1.54, 1.807) is 11.3 Å². The number of aliphatic carboxylic acids is 1. The van der Waals surface area contributed by atoms with E-state index >= 15 is 0 Å². The van der Waals surface area contributed by atoms with Crippen molar-refractivity contribution in [2.75, 3.05) is 18.4 Å². The van der Waals surface area contributed by atoms with Crippen molar-refractivity contribution in [1.82, 2.24) is 9.88 Å². The second kappa shape index (κ2) is 7.10. The number of nitrogens with one attached hydrogen (secondary N) is 1. The number of nitrogens with zero attached hydrogens (tertiary/aromatic N) is 2. The maximum absolute atomic E-state index is 11.3. The number of hydrogen-bond donors (Lipinski definition) is 2. The maximum atomic E-state index is 11.3. The number of carbonyl (C=O) groups is 1. The zero-order valence-electron chi connectivity index (χ0n) is 13.1. The first-order valence-electron chi connectivity index (χ1n) is 7.82. The van der Waals surface area contributed by atoms with Gasteiger partial charge in [-0.05, 0) is 24.5 Å². The molecule has 2 atom stereocenters. The summed E-state index contributed by atoms with van der Waals surface area (Å²) < 4.78 is 0. The van der Waals surface area contributed by atoms with Crippen molar-refractivity contribution in [2.45, 2.75) is 19.9 Å². The van der Waals surface area contributed by atoms with Gasteiger partial charge in [0, 0.05) is 30.7 Å². The molecule has 0 saturated carbocycles. The van der Waals surface area contributed by atoms with Crippen molar-refractivity contribution in [1.29, 1.82) is 0 Å². The Bertz CT molecular complexity index is 659. The number of benzene rings is 1. The topological polar surface area (TPSA) is 65.5 Å². The fourth-order valence-electron chi connectivity index (χ4n) is 3.08. The average molecular weight is 331 g/mol. The smallest absolute Gasteiger partial charge is 0.307 e. The lowest BCUT2D eigenvalue weighted by molar-refractivity contribution is -0.144. The van der Waals surface area contributed by atoms with Crippen molar-refractivity contribution >= 4 is 28.1 Å². The number of thiazole rings is 1. The van der Waals surface area contributed by atoms with Crippen LogP contribution in [0.5, 0.6) is 0 Å². The minimum atomic E-state index is -0.689. The van der Waals surface area contributed by atoms with Gasteiger partial charge in [0.05, 0.1) is 11.6 Å². The fraction of sp³-hybridized carbons (Fsp3) is 0.412. The SMILES string of the molecule is CC1CC(C(=O)O)CN(Cc2csc(Nc3ccccc3)n2)C1. The van der Waals surface area contributed by atoms with Crippen LogP contribution in [0.25, 0.3) is 0 Å². The molecule has 3 rings (SSSR count). The molecule has 0 bridgehead atoms. The highest BCUT2D eigenvalue weighted by Gasteiger charge is 2.29. The van der Waals surface area contributed by atoms with Crippen LogP contribution in [0.15, 0.2) is 35.7 Å². The van der Waals surface area contributed by atoms with E-state index in [1.165, 1.54) is 0 Å². The minimum absolute atomic E-state index is 0.265. The highest BCUT2D eigenvalue weighted by atomic mass is 32.1. The molecule has 1 aromatic carbocycles. The van der Waals surface area contributed by atoms with Crippen LogP contribution >= 0.6 is 11.3 Å². The summed E-state index contributed by atoms with van der Waals surface area (Å²) in [5.74, 6) is -0.545. The Kier molecular flexibility index (Phi) is 4.93. The van der Waals surface area contributed by atoms with E-state index in [4.69, 9.17) is 0 Å². The Hall–Kier alpha value is -1.92. The predicted octanol–water partition coefficient (Wildman–Crippen LogP) is 3.43. The molecule has 2 N–H and O–H groups in total. The molecule has 0 spiro atoms. The molecule has 1 aromatic heterocycles. The third-order valence-electron chi connectivity index (χ3n) is 4.05. The molecule has 0 aliphatic carbocycles. The number of rotatable bonds is 5. The largest absolute Gasteiger partial charge is 0.481 e. The summed E-state index contributed by atoms with van der Waals surface area (Å²) in [6.45, 7) is 4.37. The molecule has 2 aromatic rings. The molecular weight excluding hydrogens is 310 g/mol. The molecule has 1 saturated heterocycles. The molecular formula is C17H21N3O2S. The first-order valence-corrected chi connectivity index (χ1v) is 8.70. The van der Waals surface area contributed by atoms with Crippen LogP contribution in [0.3, 0.4) is 0 Å². The summed E-state index contributed by atoms with van der Waals surface area (Å²) in [5.41, 5.74) is 2.01. The molecule has 1 aliphatic heterocycles. The van der Waals surface area contributed by atoms with Gasteiger partial charge in [-0.2, -0.15) is 0 Å². The lowest BCUT2D eigenvalue weighted by Crippen LogP contribution is -2.42. The number of likely N-dealkylation sites (tertiary alicyclic amines) is 1. The number of carboxylic acids is 1. The second-order valence-electron chi connectivity index (χ2n) is 6.21. The lowest BCUT2D eigenvalue weighted by Gasteiger charge is -2.34. The van der Waals surface area contributed by atoms with Crippen molar-refractivity contribution in [2.24, 2.45) is 11.8 Å². The fourth-order valence-corrected chi connectivity index (χ4v) is 3.80. The molecule has 2 unspecified atom stereocenters. The highest BCUT2D eigenvalue weighted by molar-refractivity contribution is 7.13. The van der Waals surface area contributed by atoms with E-state index in [9.17, 15) is 9.90 Å². The van der Waals surface area contributed by atoms with Crippen LogP contribution in [0.2, 0.25) is 0 Å². The zero-order chi connectivity index (χ0) is 16.2. The van der Waals surface area contributed by atoms with Crippen molar-refractivity contribution in [3.8, 4) is 0 Å². The third kappa shape index (κ3) is 4.30. The van der Waals surface area contributed by atoms with Gasteiger partial charge in [0.25, 0.3) is 0 Å². The summed E-state index contributed by atoms with van der Waals surface area (Å²) in [7, 11) is 0. The molecule has 5 nitrogen and oxygen atoms in total. The molecule has 2 heterocycles. The Morgan fingerprint density at radius 2 is 2.17 bits per heavy atom. The van der Waals surface area contributed by atoms with Gasteiger partial charge < -0.3 is 10.4 Å². The Balaban J connectivity index is 1.61. The number of piperidine rings is 1. The van der Waals surface area contributed by atoms with E-state index < -0.39 is 5.97 Å². The lowest BCUT2D eigenvalue weighted by atomic mass is 9.90. The van der Waals surface area contributed by atoms with E-state index in [1.807, 2.05) is 35.7 Å².